The highest BCUT2D eigenvalue weighted by Crippen LogP contribution is 2.55. The van der Waals surface area contributed by atoms with Gasteiger partial charge in [0.1, 0.15) is 18.0 Å². The monoisotopic (exact) mass is 406 g/mol. The first-order chi connectivity index (χ1) is 13.8. The maximum Gasteiger partial charge on any atom is 0.193 e. The van der Waals surface area contributed by atoms with Crippen molar-refractivity contribution >= 4 is 0 Å². The van der Waals surface area contributed by atoms with Crippen molar-refractivity contribution in [2.45, 2.75) is 70.4 Å². The molecule has 3 fully saturated rings. The fourth-order valence-electron chi connectivity index (χ4n) is 5.57. The Morgan fingerprint density at radius 1 is 1.03 bits per heavy atom. The van der Waals surface area contributed by atoms with Crippen LogP contribution in [0, 0.1) is 23.7 Å². The highest BCUT2D eigenvalue weighted by Gasteiger charge is 2.63. The van der Waals surface area contributed by atoms with E-state index in [1.807, 2.05) is 30.3 Å². The highest BCUT2D eigenvalue weighted by atomic mass is 16.8. The van der Waals surface area contributed by atoms with Gasteiger partial charge in [0.2, 0.25) is 0 Å². The summed E-state index contributed by atoms with van der Waals surface area (Å²) in [7, 11) is 0. The maximum atomic E-state index is 11.8. The standard InChI is InChI=1S/C23H34O6/c1-15-9-10-19-16(2)20(27-14-13-26-17-7-5-4-6-8-17)28-21-23(19,25)18(15)11-12-22(3,24)29-21/h4-8,15-16,18-21,24-25H,9-14H2,1-3H3/t15-,16-,18?,19?,20?,21-,22+,23-/m1/s1. The molecular weight excluding hydrogens is 372 g/mol. The van der Waals surface area contributed by atoms with E-state index >= 15 is 0 Å². The Kier molecular flexibility index (Phi) is 5.93. The first kappa shape index (κ1) is 21.1. The van der Waals surface area contributed by atoms with Crippen LogP contribution in [0.2, 0.25) is 0 Å². The van der Waals surface area contributed by atoms with Crippen molar-refractivity contribution in [2.24, 2.45) is 23.7 Å². The van der Waals surface area contributed by atoms with Crippen LogP contribution >= 0.6 is 0 Å². The number of ether oxygens (including phenoxy) is 4. The van der Waals surface area contributed by atoms with Crippen LogP contribution in [0.4, 0.5) is 0 Å². The topological polar surface area (TPSA) is 77.4 Å². The second-order valence-electron chi connectivity index (χ2n) is 9.21. The van der Waals surface area contributed by atoms with Gasteiger partial charge >= 0.3 is 0 Å². The Bertz CT molecular complexity index is 679. The van der Waals surface area contributed by atoms with E-state index in [9.17, 15) is 10.2 Å². The van der Waals surface area contributed by atoms with Crippen molar-refractivity contribution in [1.29, 1.82) is 0 Å². The van der Waals surface area contributed by atoms with Crippen molar-refractivity contribution in [2.75, 3.05) is 13.2 Å². The van der Waals surface area contributed by atoms with Crippen molar-refractivity contribution in [3.05, 3.63) is 30.3 Å². The number of benzene rings is 1. The van der Waals surface area contributed by atoms with Crippen LogP contribution in [0.1, 0.15) is 46.5 Å². The molecule has 1 aromatic carbocycles. The quantitative estimate of drug-likeness (QED) is 0.731. The third-order valence-corrected chi connectivity index (χ3v) is 7.16. The Hall–Kier alpha value is -1.18. The average Bonchev–Trinajstić information content (AvgIpc) is 2.78. The Balaban J connectivity index is 1.45. The first-order valence-corrected chi connectivity index (χ1v) is 10.9. The van der Waals surface area contributed by atoms with Gasteiger partial charge in [-0.15, -0.1) is 0 Å². The lowest BCUT2D eigenvalue weighted by Gasteiger charge is -2.57. The number of aliphatic hydroxyl groups is 2. The summed E-state index contributed by atoms with van der Waals surface area (Å²) in [5.41, 5.74) is -1.10. The molecule has 8 atom stereocenters. The van der Waals surface area contributed by atoms with Crippen LogP contribution in [0.15, 0.2) is 30.3 Å². The summed E-state index contributed by atoms with van der Waals surface area (Å²) in [6.07, 6.45) is 1.77. The molecular formula is C23H34O6. The number of hydrogen-bond acceptors (Lipinski definition) is 6. The Labute approximate surface area is 173 Å². The van der Waals surface area contributed by atoms with Crippen molar-refractivity contribution in [3.63, 3.8) is 0 Å². The molecule has 3 unspecified atom stereocenters. The van der Waals surface area contributed by atoms with Crippen LogP contribution in [0.5, 0.6) is 5.75 Å². The fourth-order valence-corrected chi connectivity index (χ4v) is 5.57. The molecule has 0 amide bonds. The maximum absolute atomic E-state index is 11.8. The molecule has 0 aromatic heterocycles. The van der Waals surface area contributed by atoms with Crippen LogP contribution in [-0.2, 0) is 14.2 Å². The van der Waals surface area contributed by atoms with Gasteiger partial charge in [0.25, 0.3) is 0 Å². The molecule has 0 spiro atoms. The SMILES string of the molecule is C[C@H]1C(OCCOc2ccccc2)O[C@@H]2O[C@](C)(O)CCC3[C@H](C)CCC1[C@]32O. The van der Waals surface area contributed by atoms with Crippen LogP contribution < -0.4 is 4.74 Å². The lowest BCUT2D eigenvalue weighted by molar-refractivity contribution is -0.408. The lowest BCUT2D eigenvalue weighted by atomic mass is 9.58. The van der Waals surface area contributed by atoms with Gasteiger partial charge in [-0.25, -0.2) is 0 Å². The van der Waals surface area contributed by atoms with E-state index < -0.39 is 24.0 Å². The van der Waals surface area contributed by atoms with E-state index in [1.54, 1.807) is 6.92 Å². The summed E-state index contributed by atoms with van der Waals surface area (Å²) in [6.45, 7) is 6.70. The molecule has 0 bridgehead atoms. The Morgan fingerprint density at radius 3 is 2.55 bits per heavy atom. The molecule has 2 aliphatic heterocycles. The zero-order chi connectivity index (χ0) is 20.6. The van der Waals surface area contributed by atoms with Gasteiger partial charge in [0, 0.05) is 18.3 Å². The number of hydrogen-bond donors (Lipinski definition) is 2. The van der Waals surface area contributed by atoms with Gasteiger partial charge in [-0.05, 0) is 50.2 Å². The lowest BCUT2D eigenvalue weighted by Crippen LogP contribution is -2.67. The third kappa shape index (κ3) is 4.06. The van der Waals surface area contributed by atoms with E-state index in [-0.39, 0.29) is 17.8 Å². The number of para-hydroxylation sites is 1. The summed E-state index contributed by atoms with van der Waals surface area (Å²) in [6, 6.07) is 9.62. The van der Waals surface area contributed by atoms with Crippen molar-refractivity contribution in [1.82, 2.24) is 0 Å². The largest absolute Gasteiger partial charge is 0.491 e. The van der Waals surface area contributed by atoms with Crippen molar-refractivity contribution in [3.8, 4) is 5.75 Å². The molecule has 2 N–H and O–H groups in total. The molecule has 4 rings (SSSR count). The normalized spacial score (nSPS) is 44.6. The predicted octanol–water partition coefficient (Wildman–Crippen LogP) is 3.31. The minimum Gasteiger partial charge on any atom is -0.491 e. The molecule has 2 saturated heterocycles. The Morgan fingerprint density at radius 2 is 1.79 bits per heavy atom. The molecule has 1 saturated carbocycles. The minimum atomic E-state index is -1.32. The molecule has 2 heterocycles. The van der Waals surface area contributed by atoms with Crippen LogP contribution in [0.3, 0.4) is 0 Å². The third-order valence-electron chi connectivity index (χ3n) is 7.16. The summed E-state index contributed by atoms with van der Waals surface area (Å²) < 4.78 is 23.8. The summed E-state index contributed by atoms with van der Waals surface area (Å²) >= 11 is 0. The van der Waals surface area contributed by atoms with Crippen LogP contribution in [0.25, 0.3) is 0 Å². The smallest absolute Gasteiger partial charge is 0.193 e. The van der Waals surface area contributed by atoms with E-state index in [0.29, 0.717) is 25.6 Å². The van der Waals surface area contributed by atoms with Gasteiger partial charge in [0.05, 0.1) is 6.61 Å². The second kappa shape index (κ2) is 8.16. The molecule has 1 aliphatic carbocycles. The zero-order valence-electron chi connectivity index (χ0n) is 17.6. The van der Waals surface area contributed by atoms with Crippen LogP contribution in [-0.4, -0.2) is 47.4 Å². The summed E-state index contributed by atoms with van der Waals surface area (Å²) in [5, 5.41) is 22.5. The van der Waals surface area contributed by atoms with Gasteiger partial charge in [-0.2, -0.15) is 0 Å². The molecule has 0 radical (unpaired) electrons. The molecule has 162 valence electrons. The number of rotatable bonds is 5. The first-order valence-electron chi connectivity index (χ1n) is 10.9. The predicted molar refractivity (Wildman–Crippen MR) is 107 cm³/mol. The van der Waals surface area contributed by atoms with Gasteiger partial charge in [-0.1, -0.05) is 32.0 Å². The molecule has 6 nitrogen and oxygen atoms in total. The van der Waals surface area contributed by atoms with E-state index in [4.69, 9.17) is 18.9 Å². The van der Waals surface area contributed by atoms with Gasteiger partial charge < -0.3 is 29.2 Å². The summed E-state index contributed by atoms with van der Waals surface area (Å²) in [4.78, 5) is 0. The zero-order valence-corrected chi connectivity index (χ0v) is 17.6. The molecule has 6 heteroatoms. The van der Waals surface area contributed by atoms with Crippen molar-refractivity contribution < 1.29 is 29.2 Å². The van der Waals surface area contributed by atoms with E-state index in [2.05, 4.69) is 13.8 Å². The van der Waals surface area contributed by atoms with E-state index in [1.165, 1.54) is 0 Å². The fraction of sp³-hybridized carbons (Fsp3) is 0.739. The minimum absolute atomic E-state index is 0.0105. The van der Waals surface area contributed by atoms with Gasteiger partial charge in [0.15, 0.2) is 18.4 Å². The molecule has 29 heavy (non-hydrogen) atoms. The van der Waals surface area contributed by atoms with E-state index in [0.717, 1.165) is 25.0 Å². The molecule has 1 aromatic rings. The average molecular weight is 407 g/mol. The summed E-state index contributed by atoms with van der Waals surface area (Å²) in [5.74, 6) is -0.0704. The van der Waals surface area contributed by atoms with Gasteiger partial charge in [-0.3, -0.25) is 0 Å². The second-order valence-corrected chi connectivity index (χ2v) is 9.21. The highest BCUT2D eigenvalue weighted by molar-refractivity contribution is 5.20. The molecule has 3 aliphatic rings.